The summed E-state index contributed by atoms with van der Waals surface area (Å²) in [5.74, 6) is -0.421. The number of allylic oxidation sites excluding steroid dienone is 10. The van der Waals surface area contributed by atoms with Crippen molar-refractivity contribution in [1.82, 2.24) is 0 Å². The van der Waals surface area contributed by atoms with Crippen LogP contribution in [-0.2, 0) is 23.8 Å². The summed E-state index contributed by atoms with van der Waals surface area (Å²) in [4.78, 5) is 25.3. The third-order valence-electron chi connectivity index (χ3n) is 10.5. The zero-order chi connectivity index (χ0) is 42.1. The first-order chi connectivity index (χ1) is 28.6. The molecule has 0 amide bonds. The van der Waals surface area contributed by atoms with E-state index in [1.54, 1.807) is 0 Å². The molecule has 0 saturated heterocycles. The first-order valence-electron chi connectivity index (χ1n) is 24.8. The molecular formula is C53H94O5. The van der Waals surface area contributed by atoms with Crippen molar-refractivity contribution in [3.05, 3.63) is 60.8 Å². The fraction of sp³-hybridized carbons (Fsp3) is 0.774. The Morgan fingerprint density at radius 1 is 0.397 bits per heavy atom. The summed E-state index contributed by atoms with van der Waals surface area (Å²) in [6.07, 6.45) is 60.7. The van der Waals surface area contributed by atoms with Crippen molar-refractivity contribution in [3.63, 3.8) is 0 Å². The van der Waals surface area contributed by atoms with Crippen molar-refractivity contribution in [2.75, 3.05) is 19.8 Å². The molecule has 1 unspecified atom stereocenters. The van der Waals surface area contributed by atoms with Crippen molar-refractivity contribution in [2.45, 2.75) is 245 Å². The van der Waals surface area contributed by atoms with E-state index in [0.29, 0.717) is 19.4 Å². The largest absolute Gasteiger partial charge is 0.462 e. The molecule has 0 aliphatic rings. The van der Waals surface area contributed by atoms with Crippen LogP contribution in [0.25, 0.3) is 0 Å². The normalized spacial score (nSPS) is 12.7. The van der Waals surface area contributed by atoms with E-state index in [4.69, 9.17) is 14.2 Å². The van der Waals surface area contributed by atoms with E-state index in [1.807, 2.05) is 0 Å². The van der Waals surface area contributed by atoms with Crippen LogP contribution in [0.5, 0.6) is 0 Å². The molecule has 5 heteroatoms. The summed E-state index contributed by atoms with van der Waals surface area (Å²) in [5.41, 5.74) is 0. The van der Waals surface area contributed by atoms with Crippen molar-refractivity contribution in [3.8, 4) is 0 Å². The second-order valence-electron chi connectivity index (χ2n) is 16.3. The zero-order valence-corrected chi connectivity index (χ0v) is 38.6. The fourth-order valence-electron chi connectivity index (χ4n) is 6.85. The third kappa shape index (κ3) is 46.3. The highest BCUT2D eigenvalue weighted by Crippen LogP contribution is 2.14. The Morgan fingerprint density at radius 3 is 1.28 bits per heavy atom. The van der Waals surface area contributed by atoms with E-state index >= 15 is 0 Å². The molecular weight excluding hydrogens is 717 g/mol. The number of carbonyl (C=O) groups excluding carboxylic acids is 2. The SMILES string of the molecule is CC/C=C\C/C=C\C/C=C\CCCCCCCC(=O)OC(COCCCCCCCCCCCC)COC(=O)CCCCCCCCC/C=C\C/C=C\CCCCC. The van der Waals surface area contributed by atoms with Crippen molar-refractivity contribution < 1.29 is 23.8 Å². The maximum absolute atomic E-state index is 12.8. The Morgan fingerprint density at radius 2 is 0.776 bits per heavy atom. The number of unbranched alkanes of at least 4 members (excludes halogenated alkanes) is 24. The lowest BCUT2D eigenvalue weighted by atomic mass is 10.1. The van der Waals surface area contributed by atoms with Gasteiger partial charge in [0.05, 0.1) is 6.61 Å². The van der Waals surface area contributed by atoms with E-state index in [1.165, 1.54) is 122 Å². The summed E-state index contributed by atoms with van der Waals surface area (Å²) in [6, 6.07) is 0. The maximum atomic E-state index is 12.8. The predicted molar refractivity (Wildman–Crippen MR) is 251 cm³/mol. The molecule has 0 aliphatic heterocycles. The van der Waals surface area contributed by atoms with E-state index in [-0.39, 0.29) is 25.2 Å². The lowest BCUT2D eigenvalue weighted by molar-refractivity contribution is -0.163. The first kappa shape index (κ1) is 55.6. The molecule has 0 rings (SSSR count). The minimum atomic E-state index is -0.545. The second-order valence-corrected chi connectivity index (χ2v) is 16.3. The van der Waals surface area contributed by atoms with Gasteiger partial charge in [0, 0.05) is 19.4 Å². The van der Waals surface area contributed by atoms with Crippen molar-refractivity contribution >= 4 is 11.9 Å². The van der Waals surface area contributed by atoms with Gasteiger partial charge in [0.25, 0.3) is 0 Å². The van der Waals surface area contributed by atoms with E-state index in [0.717, 1.165) is 83.5 Å². The minimum absolute atomic E-state index is 0.0749. The summed E-state index contributed by atoms with van der Waals surface area (Å²) >= 11 is 0. The van der Waals surface area contributed by atoms with Crippen LogP contribution in [0.3, 0.4) is 0 Å². The highest BCUT2D eigenvalue weighted by Gasteiger charge is 2.17. The lowest BCUT2D eigenvalue weighted by Crippen LogP contribution is -2.30. The van der Waals surface area contributed by atoms with Gasteiger partial charge in [-0.2, -0.15) is 0 Å². The minimum Gasteiger partial charge on any atom is -0.462 e. The van der Waals surface area contributed by atoms with Crippen molar-refractivity contribution in [2.24, 2.45) is 0 Å². The average Bonchev–Trinajstić information content (AvgIpc) is 3.22. The molecule has 1 atom stereocenters. The van der Waals surface area contributed by atoms with Crippen LogP contribution >= 0.6 is 0 Å². The molecule has 0 aliphatic carbocycles. The van der Waals surface area contributed by atoms with Gasteiger partial charge >= 0.3 is 11.9 Å². The molecule has 0 heterocycles. The van der Waals surface area contributed by atoms with E-state index < -0.39 is 6.10 Å². The van der Waals surface area contributed by atoms with Gasteiger partial charge in [-0.3, -0.25) is 9.59 Å². The molecule has 0 aromatic heterocycles. The van der Waals surface area contributed by atoms with Gasteiger partial charge in [0.1, 0.15) is 6.61 Å². The van der Waals surface area contributed by atoms with E-state index in [9.17, 15) is 9.59 Å². The standard InChI is InChI=1S/C53H94O5/c1-4-7-10-13-16-19-22-24-26-27-29-30-32-34-37-40-43-46-52(54)57-50-51(49-56-48-45-42-39-36-21-18-15-12-9-6-3)58-53(55)47-44-41-38-35-33-31-28-25-23-20-17-14-11-8-5-2/h8,11,16-17,19-20,24-26,28,51H,4-7,9-10,12-15,18,21-23,27,29-50H2,1-3H3/b11-8-,19-16-,20-17-,26-24-,28-25-. The highest BCUT2D eigenvalue weighted by molar-refractivity contribution is 5.70. The molecule has 0 spiro atoms. The van der Waals surface area contributed by atoms with Gasteiger partial charge in [-0.15, -0.1) is 0 Å². The van der Waals surface area contributed by atoms with Crippen LogP contribution < -0.4 is 0 Å². The van der Waals surface area contributed by atoms with Gasteiger partial charge in [-0.25, -0.2) is 0 Å². The third-order valence-corrected chi connectivity index (χ3v) is 10.5. The number of rotatable bonds is 45. The summed E-state index contributed by atoms with van der Waals surface area (Å²) in [6.45, 7) is 7.68. The quantitative estimate of drug-likeness (QED) is 0.0348. The topological polar surface area (TPSA) is 61.8 Å². The number of esters is 2. The van der Waals surface area contributed by atoms with Crippen LogP contribution in [0.4, 0.5) is 0 Å². The molecule has 0 radical (unpaired) electrons. The van der Waals surface area contributed by atoms with Crippen LogP contribution in [0.2, 0.25) is 0 Å². The van der Waals surface area contributed by atoms with Crippen molar-refractivity contribution in [1.29, 1.82) is 0 Å². The first-order valence-corrected chi connectivity index (χ1v) is 24.8. The van der Waals surface area contributed by atoms with E-state index in [2.05, 4.69) is 81.5 Å². The van der Waals surface area contributed by atoms with Gasteiger partial charge < -0.3 is 14.2 Å². The average molecular weight is 811 g/mol. The Kier molecular flexibility index (Phi) is 46.9. The fourth-order valence-corrected chi connectivity index (χ4v) is 6.85. The zero-order valence-electron chi connectivity index (χ0n) is 38.6. The Bertz CT molecular complexity index is 1010. The van der Waals surface area contributed by atoms with Gasteiger partial charge in [0.15, 0.2) is 6.10 Å². The Balaban J connectivity index is 4.25. The number of carbonyl (C=O) groups is 2. The summed E-state index contributed by atoms with van der Waals surface area (Å²) in [5, 5.41) is 0. The van der Waals surface area contributed by atoms with Gasteiger partial charge in [-0.05, 0) is 83.5 Å². The molecule has 336 valence electrons. The van der Waals surface area contributed by atoms with Gasteiger partial charge in [-0.1, -0.05) is 204 Å². The maximum Gasteiger partial charge on any atom is 0.306 e. The van der Waals surface area contributed by atoms with Crippen LogP contribution in [0.1, 0.15) is 239 Å². The van der Waals surface area contributed by atoms with Crippen LogP contribution in [-0.4, -0.2) is 37.9 Å². The van der Waals surface area contributed by atoms with Gasteiger partial charge in [0.2, 0.25) is 0 Å². The molecule has 0 aromatic rings. The number of ether oxygens (including phenoxy) is 3. The Hall–Kier alpha value is -2.40. The lowest BCUT2D eigenvalue weighted by Gasteiger charge is -2.18. The molecule has 0 N–H and O–H groups in total. The number of hydrogen-bond donors (Lipinski definition) is 0. The number of hydrogen-bond acceptors (Lipinski definition) is 5. The molecule has 0 saturated carbocycles. The monoisotopic (exact) mass is 811 g/mol. The molecule has 0 fully saturated rings. The molecule has 5 nitrogen and oxygen atoms in total. The Labute approximate surface area is 360 Å². The van der Waals surface area contributed by atoms with Crippen LogP contribution in [0, 0.1) is 0 Å². The molecule has 58 heavy (non-hydrogen) atoms. The van der Waals surface area contributed by atoms with Crippen LogP contribution in [0.15, 0.2) is 60.8 Å². The predicted octanol–water partition coefficient (Wildman–Crippen LogP) is 16.6. The molecule has 0 aromatic carbocycles. The smallest absolute Gasteiger partial charge is 0.306 e. The molecule has 0 bridgehead atoms. The highest BCUT2D eigenvalue weighted by atomic mass is 16.6. The summed E-state index contributed by atoms with van der Waals surface area (Å²) < 4.78 is 17.3. The summed E-state index contributed by atoms with van der Waals surface area (Å²) in [7, 11) is 0. The second kappa shape index (κ2) is 49.0.